The summed E-state index contributed by atoms with van der Waals surface area (Å²) in [5, 5.41) is 0. The fourth-order valence-electron chi connectivity index (χ4n) is 4.01. The molecule has 7 heteroatoms. The zero-order valence-electron chi connectivity index (χ0n) is 15.1. The largest absolute Gasteiger partial charge is 0.332 e. The molecule has 0 bridgehead atoms. The van der Waals surface area contributed by atoms with Gasteiger partial charge < -0.3 is 4.90 Å². The minimum absolute atomic E-state index is 0.0893. The van der Waals surface area contributed by atoms with Gasteiger partial charge in [-0.25, -0.2) is 8.42 Å². The van der Waals surface area contributed by atoms with Crippen LogP contribution in [0.4, 0.5) is 0 Å². The fourth-order valence-corrected chi connectivity index (χ4v) is 6.85. The molecule has 1 aromatic carbocycles. The van der Waals surface area contributed by atoms with Gasteiger partial charge in [0.15, 0.2) is 0 Å². The smallest absolute Gasteiger partial charge is 0.253 e. The van der Waals surface area contributed by atoms with Crippen LogP contribution in [0.15, 0.2) is 40.6 Å². The summed E-state index contributed by atoms with van der Waals surface area (Å²) in [7, 11) is -3.65. The Morgan fingerprint density at radius 1 is 1.15 bits per heavy atom. The van der Waals surface area contributed by atoms with Crippen molar-refractivity contribution in [3.8, 4) is 0 Å². The minimum atomic E-state index is -3.65. The Morgan fingerprint density at radius 3 is 2.58 bits per heavy atom. The molecule has 138 valence electrons. The zero-order chi connectivity index (χ0) is 18.7. The number of nitrogens with zero attached hydrogens (tertiary/aromatic N) is 2. The highest BCUT2D eigenvalue weighted by atomic mass is 32.2. The Kier molecular flexibility index (Phi) is 4.02. The fraction of sp³-hybridized carbons (Fsp3) is 0.421. The first-order valence-electron chi connectivity index (χ1n) is 8.65. The zero-order valence-corrected chi connectivity index (χ0v) is 16.7. The van der Waals surface area contributed by atoms with E-state index in [1.165, 1.54) is 21.2 Å². The van der Waals surface area contributed by atoms with Crippen molar-refractivity contribution in [2.45, 2.75) is 36.4 Å². The lowest BCUT2D eigenvalue weighted by Crippen LogP contribution is -2.58. The lowest BCUT2D eigenvalue weighted by molar-refractivity contribution is -0.139. The van der Waals surface area contributed by atoms with Gasteiger partial charge in [-0.3, -0.25) is 4.79 Å². The second kappa shape index (κ2) is 5.90. The van der Waals surface area contributed by atoms with E-state index in [1.807, 2.05) is 30.0 Å². The summed E-state index contributed by atoms with van der Waals surface area (Å²) < 4.78 is 27.7. The maximum Gasteiger partial charge on any atom is 0.253 e. The van der Waals surface area contributed by atoms with Crippen LogP contribution >= 0.6 is 11.3 Å². The molecule has 1 atom stereocenters. The van der Waals surface area contributed by atoms with E-state index < -0.39 is 10.0 Å². The number of hydrogen-bond acceptors (Lipinski definition) is 4. The lowest BCUT2D eigenvalue weighted by Gasteiger charge is -2.49. The first-order valence-corrected chi connectivity index (χ1v) is 10.9. The molecular formula is C19H22N2O3S2. The molecule has 5 nitrogen and oxygen atoms in total. The Morgan fingerprint density at radius 2 is 1.88 bits per heavy atom. The number of benzene rings is 1. The number of hydrogen-bond donors (Lipinski definition) is 0. The number of fused-ring (bicyclic) bond motifs is 3. The highest BCUT2D eigenvalue weighted by Gasteiger charge is 2.46. The maximum atomic E-state index is 13.0. The molecule has 1 fully saturated rings. The van der Waals surface area contributed by atoms with Crippen molar-refractivity contribution in [3.63, 3.8) is 0 Å². The topological polar surface area (TPSA) is 57.7 Å². The lowest BCUT2D eigenvalue weighted by atomic mass is 9.75. The predicted octanol–water partition coefficient (Wildman–Crippen LogP) is 2.92. The van der Waals surface area contributed by atoms with Crippen molar-refractivity contribution in [1.82, 2.24) is 9.21 Å². The van der Waals surface area contributed by atoms with Crippen LogP contribution in [0.5, 0.6) is 0 Å². The van der Waals surface area contributed by atoms with Gasteiger partial charge in [0.1, 0.15) is 4.21 Å². The second-order valence-corrected chi connectivity index (χ2v) is 11.1. The quantitative estimate of drug-likeness (QED) is 0.792. The van der Waals surface area contributed by atoms with Gasteiger partial charge in [0.2, 0.25) is 5.91 Å². The van der Waals surface area contributed by atoms with E-state index in [9.17, 15) is 13.2 Å². The van der Waals surface area contributed by atoms with Crippen LogP contribution in [0.1, 0.15) is 35.9 Å². The molecule has 4 rings (SSSR count). The van der Waals surface area contributed by atoms with E-state index in [0.717, 1.165) is 10.4 Å². The number of carbonyl (C=O) groups excluding carboxylic acids is 1. The van der Waals surface area contributed by atoms with Gasteiger partial charge in [-0.1, -0.05) is 38.1 Å². The summed E-state index contributed by atoms with van der Waals surface area (Å²) in [5.74, 6) is -0.124. The molecule has 0 aliphatic carbocycles. The summed E-state index contributed by atoms with van der Waals surface area (Å²) in [4.78, 5) is 15.6. The molecule has 2 aliphatic heterocycles. The minimum Gasteiger partial charge on any atom is -0.332 e. The van der Waals surface area contributed by atoms with Crippen LogP contribution in [-0.2, 0) is 20.2 Å². The number of thiophene rings is 1. The van der Waals surface area contributed by atoms with Crippen molar-refractivity contribution in [2.24, 2.45) is 0 Å². The number of carbonyl (C=O) groups is 1. The molecule has 0 N–H and O–H groups in total. The summed E-state index contributed by atoms with van der Waals surface area (Å²) >= 11 is 1.25. The van der Waals surface area contributed by atoms with E-state index in [-0.39, 0.29) is 23.9 Å². The van der Waals surface area contributed by atoms with Crippen molar-refractivity contribution in [1.29, 1.82) is 0 Å². The van der Waals surface area contributed by atoms with E-state index in [1.54, 1.807) is 12.1 Å². The second-order valence-electron chi connectivity index (χ2n) is 7.67. The van der Waals surface area contributed by atoms with Crippen LogP contribution in [0.2, 0.25) is 0 Å². The van der Waals surface area contributed by atoms with E-state index in [2.05, 4.69) is 19.9 Å². The first kappa shape index (κ1) is 17.7. The third-order valence-corrected chi connectivity index (χ3v) is 8.59. The SMILES string of the molecule is Cc1ccc(S(=O)(=O)N2CC(=O)N3CC(C)(C)c4ccccc4C3C2)s1. The molecule has 0 spiro atoms. The molecule has 0 radical (unpaired) electrons. The molecule has 26 heavy (non-hydrogen) atoms. The number of piperazine rings is 1. The van der Waals surface area contributed by atoms with Gasteiger partial charge in [0.25, 0.3) is 10.0 Å². The van der Waals surface area contributed by atoms with Gasteiger partial charge in [-0.05, 0) is 30.2 Å². The summed E-state index contributed by atoms with van der Waals surface area (Å²) in [6.07, 6.45) is 0. The average Bonchev–Trinajstić information content (AvgIpc) is 3.03. The van der Waals surface area contributed by atoms with Gasteiger partial charge in [0, 0.05) is 23.4 Å². The molecule has 1 unspecified atom stereocenters. The number of amides is 1. The average molecular weight is 391 g/mol. The molecule has 3 heterocycles. The summed E-state index contributed by atoms with van der Waals surface area (Å²) in [5.41, 5.74) is 2.11. The Balaban J connectivity index is 1.75. The monoisotopic (exact) mass is 390 g/mol. The van der Waals surface area contributed by atoms with Crippen molar-refractivity contribution >= 4 is 27.3 Å². The summed E-state index contributed by atoms with van der Waals surface area (Å²) in [6, 6.07) is 11.3. The highest BCUT2D eigenvalue weighted by molar-refractivity contribution is 7.91. The molecule has 2 aromatic rings. The van der Waals surface area contributed by atoms with Gasteiger partial charge in [0.05, 0.1) is 12.6 Å². The highest BCUT2D eigenvalue weighted by Crippen LogP contribution is 2.42. The summed E-state index contributed by atoms with van der Waals surface area (Å²) in [6.45, 7) is 6.97. The molecule has 1 saturated heterocycles. The van der Waals surface area contributed by atoms with Crippen LogP contribution < -0.4 is 0 Å². The Hall–Kier alpha value is -1.70. The van der Waals surface area contributed by atoms with Crippen LogP contribution in [0.3, 0.4) is 0 Å². The normalized spacial score (nSPS) is 22.8. The standard InChI is InChI=1S/C19H22N2O3S2/c1-13-8-9-18(25-13)26(23,24)20-10-16-14-6-4-5-7-15(14)19(2,3)12-21(16)17(22)11-20/h4-9,16H,10-12H2,1-3H3. The predicted molar refractivity (Wildman–Crippen MR) is 102 cm³/mol. The van der Waals surface area contributed by atoms with Gasteiger partial charge in [-0.15, -0.1) is 11.3 Å². The van der Waals surface area contributed by atoms with Gasteiger partial charge in [-0.2, -0.15) is 4.31 Å². The van der Waals surface area contributed by atoms with Crippen molar-refractivity contribution in [3.05, 3.63) is 52.4 Å². The number of aryl methyl sites for hydroxylation is 1. The molecule has 1 amide bonds. The maximum absolute atomic E-state index is 13.0. The molecule has 2 aliphatic rings. The van der Waals surface area contributed by atoms with Crippen LogP contribution in [-0.4, -0.2) is 43.2 Å². The Bertz CT molecular complexity index is 978. The van der Waals surface area contributed by atoms with E-state index in [0.29, 0.717) is 17.3 Å². The van der Waals surface area contributed by atoms with Crippen molar-refractivity contribution < 1.29 is 13.2 Å². The number of sulfonamides is 1. The molecule has 0 saturated carbocycles. The van der Waals surface area contributed by atoms with Crippen molar-refractivity contribution in [2.75, 3.05) is 19.6 Å². The Labute approximate surface area is 158 Å². The van der Waals surface area contributed by atoms with E-state index >= 15 is 0 Å². The van der Waals surface area contributed by atoms with Crippen LogP contribution in [0.25, 0.3) is 0 Å². The molecular weight excluding hydrogens is 368 g/mol. The molecule has 1 aromatic heterocycles. The van der Waals surface area contributed by atoms with Gasteiger partial charge >= 0.3 is 0 Å². The van der Waals surface area contributed by atoms with E-state index in [4.69, 9.17) is 0 Å². The third-order valence-electron chi connectivity index (χ3n) is 5.31. The van der Waals surface area contributed by atoms with Crippen LogP contribution in [0, 0.1) is 6.92 Å². The first-order chi connectivity index (χ1) is 12.2. The third kappa shape index (κ3) is 2.69. The number of rotatable bonds is 2.